The van der Waals surface area contributed by atoms with E-state index in [2.05, 4.69) is 35.7 Å². The van der Waals surface area contributed by atoms with E-state index in [1.165, 1.54) is 22.5 Å². The molecule has 0 atom stereocenters. The minimum Gasteiger partial charge on any atom is -0.160 e. The maximum atomic E-state index is 12.4. The van der Waals surface area contributed by atoms with Gasteiger partial charge in [-0.1, -0.05) is 66.6 Å². The van der Waals surface area contributed by atoms with E-state index in [0.717, 1.165) is 5.56 Å². The average molecular weight is 384 g/mol. The number of hydrogen-bond donors (Lipinski definition) is 0. The third kappa shape index (κ3) is 5.28. The van der Waals surface area contributed by atoms with Crippen molar-refractivity contribution in [2.24, 2.45) is 0 Å². The number of rotatable bonds is 3. The predicted octanol–water partition coefficient (Wildman–Crippen LogP) is 4.23. The summed E-state index contributed by atoms with van der Waals surface area (Å²) in [7, 11) is -1.71. The first-order valence-electron chi connectivity index (χ1n) is 7.98. The van der Waals surface area contributed by atoms with Gasteiger partial charge in [0.2, 0.25) is 0 Å². The Morgan fingerprint density at radius 3 is 1.65 bits per heavy atom. The second kappa shape index (κ2) is 8.30. The highest BCUT2D eigenvalue weighted by molar-refractivity contribution is 8.00. The van der Waals surface area contributed by atoms with Gasteiger partial charge in [0.05, 0.1) is 0 Å². The predicted molar refractivity (Wildman–Crippen MR) is 105 cm³/mol. The largest absolute Gasteiger partial charge is 0.446 e. The van der Waals surface area contributed by atoms with Crippen molar-refractivity contribution < 1.29 is 13.2 Å². The first-order valence-corrected chi connectivity index (χ1v) is 10.5. The van der Waals surface area contributed by atoms with Crippen LogP contribution in [0.25, 0.3) is 0 Å². The molecule has 130 valence electrons. The Morgan fingerprint density at radius 1 is 0.692 bits per heavy atom. The van der Waals surface area contributed by atoms with E-state index in [9.17, 15) is 13.2 Å². The zero-order valence-corrected chi connectivity index (χ0v) is 15.7. The van der Waals surface area contributed by atoms with E-state index in [1.807, 2.05) is 36.4 Å². The van der Waals surface area contributed by atoms with E-state index in [1.54, 1.807) is 12.1 Å². The number of halogens is 3. The monoisotopic (exact) mass is 384 g/mol. The fourth-order valence-corrected chi connectivity index (χ4v) is 5.33. The van der Waals surface area contributed by atoms with Gasteiger partial charge in [-0.05, 0) is 46.4 Å². The minimum atomic E-state index is -4.27. The lowest BCUT2D eigenvalue weighted by Gasteiger charge is -2.09. The molecule has 0 fully saturated rings. The third-order valence-corrected chi connectivity index (χ3v) is 6.99. The van der Waals surface area contributed by atoms with Crippen LogP contribution in [0.2, 0.25) is 0 Å². The van der Waals surface area contributed by atoms with Crippen LogP contribution in [0.4, 0.5) is 13.2 Å². The smallest absolute Gasteiger partial charge is 0.160 e. The average Bonchev–Trinajstić information content (AvgIpc) is 2.64. The fraction of sp³-hybridized carbons (Fsp3) is 0.0476. The Morgan fingerprint density at radius 2 is 1.19 bits per heavy atom. The van der Waals surface area contributed by atoms with Crippen molar-refractivity contribution in [1.29, 1.82) is 0 Å². The Kier molecular flexibility index (Phi) is 5.87. The summed E-state index contributed by atoms with van der Waals surface area (Å²) in [5.41, 5.74) is -0.153. The van der Waals surface area contributed by atoms with Crippen molar-refractivity contribution >= 4 is 30.9 Å². The molecule has 0 aromatic heterocycles. The molecule has 0 aliphatic heterocycles. The van der Waals surface area contributed by atoms with E-state index in [4.69, 9.17) is 0 Å². The zero-order valence-electron chi connectivity index (χ0n) is 13.7. The molecule has 3 rings (SSSR count). The van der Waals surface area contributed by atoms with Gasteiger partial charge >= 0.3 is 5.51 Å². The molecule has 0 spiro atoms. The number of benzene rings is 3. The molecule has 0 aliphatic carbocycles. The lowest BCUT2D eigenvalue weighted by atomic mass is 10.2. The van der Waals surface area contributed by atoms with Gasteiger partial charge in [0.25, 0.3) is 0 Å². The van der Waals surface area contributed by atoms with Gasteiger partial charge in [-0.25, -0.2) is 0 Å². The molecule has 0 amide bonds. The Balaban J connectivity index is 1.87. The van der Waals surface area contributed by atoms with Crippen molar-refractivity contribution in [1.82, 2.24) is 0 Å². The second-order valence-electron chi connectivity index (χ2n) is 5.60. The summed E-state index contributed by atoms with van der Waals surface area (Å²) >= 11 is -0.112. The van der Waals surface area contributed by atoms with E-state index in [0.29, 0.717) is 0 Å². The SMILES string of the molecule is FC(F)(F)Sc1ccc(C#C[SiH](c2ccccc2)c2ccccc2)cc1. The lowest BCUT2D eigenvalue weighted by molar-refractivity contribution is -0.0328. The summed E-state index contributed by atoms with van der Waals surface area (Å²) in [5.74, 6) is 3.15. The van der Waals surface area contributed by atoms with Crippen LogP contribution < -0.4 is 10.4 Å². The van der Waals surface area contributed by atoms with Crippen molar-refractivity contribution in [3.8, 4) is 11.5 Å². The molecule has 26 heavy (non-hydrogen) atoms. The molecule has 0 N–H and O–H groups in total. The maximum absolute atomic E-state index is 12.4. The second-order valence-corrected chi connectivity index (χ2v) is 9.22. The normalized spacial score (nSPS) is 11.1. The molecule has 0 bridgehead atoms. The number of alkyl halides is 3. The zero-order chi connectivity index (χ0) is 18.4. The summed E-state index contributed by atoms with van der Waals surface area (Å²) in [6.07, 6.45) is 0. The molecule has 0 aliphatic rings. The fourth-order valence-electron chi connectivity index (χ4n) is 2.55. The van der Waals surface area contributed by atoms with Gasteiger partial charge in [-0.3, -0.25) is 0 Å². The minimum absolute atomic E-state index is 0.112. The summed E-state index contributed by atoms with van der Waals surface area (Å²) in [5, 5.41) is 2.44. The lowest BCUT2D eigenvalue weighted by Crippen LogP contribution is -2.41. The van der Waals surface area contributed by atoms with Crippen molar-refractivity contribution in [3.05, 3.63) is 90.5 Å². The first kappa shape index (κ1) is 18.4. The van der Waals surface area contributed by atoms with Crippen LogP contribution in [0.3, 0.4) is 0 Å². The molecule has 3 aromatic carbocycles. The van der Waals surface area contributed by atoms with Crippen molar-refractivity contribution in [2.45, 2.75) is 10.4 Å². The molecule has 0 saturated heterocycles. The number of hydrogen-bond acceptors (Lipinski definition) is 1. The van der Waals surface area contributed by atoms with Crippen LogP contribution >= 0.6 is 11.8 Å². The molecule has 5 heteroatoms. The summed E-state index contributed by atoms with van der Waals surface area (Å²) in [6, 6.07) is 26.5. The molecule has 0 unspecified atom stereocenters. The highest BCUT2D eigenvalue weighted by atomic mass is 32.2. The van der Waals surface area contributed by atoms with Gasteiger partial charge in [0.15, 0.2) is 8.80 Å². The maximum Gasteiger partial charge on any atom is 0.446 e. The molecule has 0 heterocycles. The first-order chi connectivity index (χ1) is 12.5. The standard InChI is InChI=1S/C21H15F3SSi/c22-21(23,24)25-18-13-11-17(12-14-18)15-16-26(19-7-3-1-4-8-19)20-9-5-2-6-10-20/h1-14,26H. The molecular weight excluding hydrogens is 369 g/mol. The van der Waals surface area contributed by atoms with Gasteiger partial charge < -0.3 is 0 Å². The van der Waals surface area contributed by atoms with Crippen LogP contribution in [0, 0.1) is 11.5 Å². The van der Waals surface area contributed by atoms with E-state index < -0.39 is 14.3 Å². The summed E-state index contributed by atoms with van der Waals surface area (Å²) in [6.45, 7) is 0. The van der Waals surface area contributed by atoms with Crippen LogP contribution in [0.1, 0.15) is 5.56 Å². The molecule has 0 saturated carbocycles. The van der Waals surface area contributed by atoms with Crippen molar-refractivity contribution in [3.63, 3.8) is 0 Å². The van der Waals surface area contributed by atoms with E-state index >= 15 is 0 Å². The Hall–Kier alpha value is -2.42. The molecule has 3 aromatic rings. The Bertz CT molecular complexity index is 856. The van der Waals surface area contributed by atoms with Gasteiger partial charge in [-0.15, -0.1) is 5.54 Å². The van der Waals surface area contributed by atoms with Gasteiger partial charge in [-0.2, -0.15) is 13.2 Å². The molecule has 0 radical (unpaired) electrons. The highest BCUT2D eigenvalue weighted by Crippen LogP contribution is 2.36. The van der Waals surface area contributed by atoms with Crippen LogP contribution in [-0.4, -0.2) is 14.3 Å². The van der Waals surface area contributed by atoms with Gasteiger partial charge in [0.1, 0.15) is 0 Å². The molecular formula is C21H15F3SSi. The van der Waals surface area contributed by atoms with Gasteiger partial charge in [0, 0.05) is 10.5 Å². The summed E-state index contributed by atoms with van der Waals surface area (Å²) in [4.78, 5) is 0.169. The topological polar surface area (TPSA) is 0 Å². The third-order valence-electron chi connectivity index (χ3n) is 3.71. The van der Waals surface area contributed by atoms with Crippen LogP contribution in [0.5, 0.6) is 0 Å². The quantitative estimate of drug-likeness (QED) is 0.370. The van der Waals surface area contributed by atoms with Crippen LogP contribution in [0.15, 0.2) is 89.8 Å². The highest BCUT2D eigenvalue weighted by Gasteiger charge is 2.28. The van der Waals surface area contributed by atoms with Crippen LogP contribution in [-0.2, 0) is 0 Å². The van der Waals surface area contributed by atoms with Crippen molar-refractivity contribution in [2.75, 3.05) is 0 Å². The summed E-state index contributed by atoms with van der Waals surface area (Å²) < 4.78 is 37.2. The Labute approximate surface area is 156 Å². The number of thioether (sulfide) groups is 1. The van der Waals surface area contributed by atoms with E-state index in [-0.39, 0.29) is 16.7 Å². The molecule has 0 nitrogen and oxygen atoms in total.